The van der Waals surface area contributed by atoms with Gasteiger partial charge in [-0.2, -0.15) is 0 Å². The number of piperazine rings is 1. The maximum absolute atomic E-state index is 13.1. The van der Waals surface area contributed by atoms with Crippen molar-refractivity contribution in [1.82, 2.24) is 9.80 Å². The van der Waals surface area contributed by atoms with Crippen molar-refractivity contribution in [2.45, 2.75) is 44.1 Å². The van der Waals surface area contributed by atoms with Crippen LogP contribution in [0, 0.1) is 0 Å². The summed E-state index contributed by atoms with van der Waals surface area (Å²) >= 11 is 0. The number of phenolic OH excluding ortho intramolecular Hbond substituents is 2. The second-order valence-electron chi connectivity index (χ2n) is 8.26. The molecule has 4 rings (SSSR count). The van der Waals surface area contributed by atoms with Crippen molar-refractivity contribution in [2.75, 3.05) is 26.2 Å². The molecule has 0 aromatic heterocycles. The van der Waals surface area contributed by atoms with Crippen LogP contribution in [0.5, 0.6) is 11.5 Å². The van der Waals surface area contributed by atoms with Gasteiger partial charge in [0.05, 0.1) is 0 Å². The molecule has 1 saturated heterocycles. The summed E-state index contributed by atoms with van der Waals surface area (Å²) in [6, 6.07) is 14.8. The number of para-hydroxylation sites is 1. The van der Waals surface area contributed by atoms with Crippen LogP contribution in [0.25, 0.3) is 0 Å². The van der Waals surface area contributed by atoms with Gasteiger partial charge >= 0.3 is 0 Å². The molecule has 2 fully saturated rings. The number of hydrogen-bond donors (Lipinski definition) is 2. The number of benzene rings is 2. The topological polar surface area (TPSA) is 64.0 Å². The summed E-state index contributed by atoms with van der Waals surface area (Å²) in [7, 11) is 0. The van der Waals surface area contributed by atoms with E-state index in [1.54, 1.807) is 24.3 Å². The van der Waals surface area contributed by atoms with E-state index in [0.717, 1.165) is 37.3 Å². The fraction of sp³-hybridized carbons (Fsp3) is 0.458. The fourth-order valence-electron chi connectivity index (χ4n) is 4.81. The molecule has 2 aliphatic rings. The minimum absolute atomic E-state index is 0.123. The van der Waals surface area contributed by atoms with Crippen molar-refractivity contribution in [3.8, 4) is 11.5 Å². The number of aromatic hydroxyl groups is 2. The maximum Gasteiger partial charge on any atom is 0.223 e. The van der Waals surface area contributed by atoms with Crippen LogP contribution in [0.15, 0.2) is 48.5 Å². The third-order valence-electron chi connectivity index (χ3n) is 6.49. The Kier molecular flexibility index (Phi) is 6.05. The molecule has 1 unspecified atom stereocenters. The molecular weight excluding hydrogens is 364 g/mol. The lowest BCUT2D eigenvalue weighted by Crippen LogP contribution is -2.51. The van der Waals surface area contributed by atoms with Gasteiger partial charge in [-0.25, -0.2) is 0 Å². The summed E-state index contributed by atoms with van der Waals surface area (Å²) in [5.41, 5.74) is 1.67. The minimum atomic E-state index is -0.239. The number of carbonyl (C=O) groups excluding carboxylic acids is 1. The molecule has 1 saturated carbocycles. The lowest BCUT2D eigenvalue weighted by atomic mass is 9.87. The molecule has 1 aliphatic carbocycles. The van der Waals surface area contributed by atoms with Gasteiger partial charge in [-0.1, -0.05) is 43.2 Å². The quantitative estimate of drug-likeness (QED) is 0.812. The van der Waals surface area contributed by atoms with Crippen LogP contribution in [0.1, 0.15) is 49.1 Å². The van der Waals surface area contributed by atoms with E-state index in [2.05, 4.69) is 4.90 Å². The molecule has 2 aromatic rings. The molecule has 2 aromatic carbocycles. The third-order valence-corrected chi connectivity index (χ3v) is 6.49. The van der Waals surface area contributed by atoms with E-state index in [1.807, 2.05) is 29.2 Å². The van der Waals surface area contributed by atoms with Crippen LogP contribution in [0.4, 0.5) is 0 Å². The zero-order valence-electron chi connectivity index (χ0n) is 16.8. The normalized spacial score (nSPS) is 19.4. The smallest absolute Gasteiger partial charge is 0.223 e. The lowest BCUT2D eigenvalue weighted by molar-refractivity contribution is -0.133. The highest BCUT2D eigenvalue weighted by Crippen LogP contribution is 2.35. The highest BCUT2D eigenvalue weighted by Gasteiger charge is 2.29. The van der Waals surface area contributed by atoms with E-state index >= 15 is 0 Å². The average molecular weight is 395 g/mol. The van der Waals surface area contributed by atoms with E-state index in [4.69, 9.17) is 0 Å². The Balaban J connectivity index is 1.47. The van der Waals surface area contributed by atoms with Crippen molar-refractivity contribution < 1.29 is 15.0 Å². The molecule has 1 atom stereocenters. The van der Waals surface area contributed by atoms with Crippen LogP contribution in [0.3, 0.4) is 0 Å². The van der Waals surface area contributed by atoms with Crippen LogP contribution >= 0.6 is 0 Å². The molecule has 0 bridgehead atoms. The molecule has 5 nitrogen and oxygen atoms in total. The third kappa shape index (κ3) is 4.56. The van der Waals surface area contributed by atoms with Gasteiger partial charge < -0.3 is 15.1 Å². The fourth-order valence-corrected chi connectivity index (χ4v) is 4.81. The molecular formula is C24H30N2O3. The molecule has 0 radical (unpaired) electrons. The van der Waals surface area contributed by atoms with E-state index in [1.165, 1.54) is 25.7 Å². The zero-order chi connectivity index (χ0) is 20.2. The Morgan fingerprint density at radius 2 is 1.59 bits per heavy atom. The molecule has 154 valence electrons. The highest BCUT2D eigenvalue weighted by atomic mass is 16.3. The lowest BCUT2D eigenvalue weighted by Gasteiger charge is -2.38. The number of nitrogens with zero attached hydrogens (tertiary/aromatic N) is 2. The summed E-state index contributed by atoms with van der Waals surface area (Å²) in [5.74, 6) is 0.276. The Bertz CT molecular complexity index is 822. The predicted molar refractivity (Wildman–Crippen MR) is 113 cm³/mol. The first kappa shape index (κ1) is 19.8. The van der Waals surface area contributed by atoms with Gasteiger partial charge in [-0.05, 0) is 36.6 Å². The van der Waals surface area contributed by atoms with Crippen molar-refractivity contribution in [3.63, 3.8) is 0 Å². The number of rotatable bonds is 5. The number of phenols is 2. The number of hydrogen-bond acceptors (Lipinski definition) is 4. The minimum Gasteiger partial charge on any atom is -0.508 e. The molecule has 1 amide bonds. The summed E-state index contributed by atoms with van der Waals surface area (Å²) in [6.07, 6.45) is 5.57. The van der Waals surface area contributed by atoms with Gasteiger partial charge in [0.2, 0.25) is 5.91 Å². The molecule has 0 spiro atoms. The highest BCUT2D eigenvalue weighted by molar-refractivity contribution is 5.78. The van der Waals surface area contributed by atoms with Crippen molar-refractivity contribution in [3.05, 3.63) is 59.7 Å². The van der Waals surface area contributed by atoms with Crippen LogP contribution < -0.4 is 0 Å². The first-order valence-electron chi connectivity index (χ1n) is 10.7. The predicted octanol–water partition coefficient (Wildman–Crippen LogP) is 3.71. The van der Waals surface area contributed by atoms with E-state index < -0.39 is 0 Å². The van der Waals surface area contributed by atoms with Crippen molar-refractivity contribution >= 4 is 5.91 Å². The average Bonchev–Trinajstić information content (AvgIpc) is 3.28. The molecule has 1 heterocycles. The largest absolute Gasteiger partial charge is 0.508 e. The van der Waals surface area contributed by atoms with E-state index in [9.17, 15) is 15.0 Å². The van der Waals surface area contributed by atoms with E-state index in [0.29, 0.717) is 12.5 Å². The van der Waals surface area contributed by atoms with Crippen LogP contribution in [-0.4, -0.2) is 58.1 Å². The monoisotopic (exact) mass is 394 g/mol. The van der Waals surface area contributed by atoms with Gasteiger partial charge in [-0.15, -0.1) is 0 Å². The summed E-state index contributed by atoms with van der Waals surface area (Å²) in [5, 5.41) is 20.0. The Labute approximate surface area is 172 Å². The SMILES string of the molecule is O=C(CC(c1ccc(O)cc1)c1ccccc1O)N1CCN(C2CCCC2)CC1. The van der Waals surface area contributed by atoms with Crippen molar-refractivity contribution in [1.29, 1.82) is 0 Å². The number of amides is 1. The van der Waals surface area contributed by atoms with Gasteiger partial charge in [0.1, 0.15) is 11.5 Å². The summed E-state index contributed by atoms with van der Waals surface area (Å²) in [6.45, 7) is 3.46. The standard InChI is InChI=1S/C24H30N2O3/c27-20-11-9-18(10-12-20)22(21-7-3-4-8-23(21)28)17-24(29)26-15-13-25(14-16-26)19-5-1-2-6-19/h3-4,7-12,19,22,27-28H,1-2,5-6,13-17H2. The van der Waals surface area contributed by atoms with Crippen LogP contribution in [-0.2, 0) is 4.79 Å². The van der Waals surface area contributed by atoms with Crippen molar-refractivity contribution in [2.24, 2.45) is 0 Å². The summed E-state index contributed by atoms with van der Waals surface area (Å²) in [4.78, 5) is 17.7. The second kappa shape index (κ2) is 8.87. The number of carbonyl (C=O) groups is 1. The second-order valence-corrected chi connectivity index (χ2v) is 8.26. The molecule has 29 heavy (non-hydrogen) atoms. The Hall–Kier alpha value is -2.53. The first-order valence-corrected chi connectivity index (χ1v) is 10.7. The van der Waals surface area contributed by atoms with Crippen LogP contribution in [0.2, 0.25) is 0 Å². The summed E-state index contributed by atoms with van der Waals surface area (Å²) < 4.78 is 0. The maximum atomic E-state index is 13.1. The van der Waals surface area contributed by atoms with Gasteiger partial charge in [0.15, 0.2) is 0 Å². The molecule has 2 N–H and O–H groups in total. The molecule has 1 aliphatic heterocycles. The van der Waals surface area contributed by atoms with Gasteiger partial charge in [0, 0.05) is 50.1 Å². The van der Waals surface area contributed by atoms with Gasteiger partial charge in [-0.3, -0.25) is 9.69 Å². The van der Waals surface area contributed by atoms with E-state index in [-0.39, 0.29) is 23.3 Å². The molecule has 5 heteroatoms. The van der Waals surface area contributed by atoms with Gasteiger partial charge in [0.25, 0.3) is 0 Å². The zero-order valence-corrected chi connectivity index (χ0v) is 16.8. The Morgan fingerprint density at radius 3 is 2.24 bits per heavy atom. The first-order chi connectivity index (χ1) is 14.1. The Morgan fingerprint density at radius 1 is 0.931 bits per heavy atom.